The van der Waals surface area contributed by atoms with Crippen LogP contribution in [0.15, 0.2) is 89.9 Å². The highest BCUT2D eigenvalue weighted by Gasteiger charge is 2.23. The van der Waals surface area contributed by atoms with E-state index in [0.29, 0.717) is 6.61 Å². The fourth-order valence-corrected chi connectivity index (χ4v) is 2.94. The van der Waals surface area contributed by atoms with Crippen LogP contribution < -0.4 is 0 Å². The molecule has 0 radical (unpaired) electrons. The van der Waals surface area contributed by atoms with Crippen LogP contribution in [0.5, 0.6) is 0 Å². The Labute approximate surface area is 136 Å². The topological polar surface area (TPSA) is 21.6 Å². The van der Waals surface area contributed by atoms with Gasteiger partial charge in [-0.2, -0.15) is 0 Å². The molecule has 0 aliphatic carbocycles. The maximum atomic E-state index is 5.85. The zero-order chi connectivity index (χ0) is 15.5. The lowest BCUT2D eigenvalue weighted by molar-refractivity contribution is 0.320. The van der Waals surface area contributed by atoms with Crippen LogP contribution in [0.25, 0.3) is 11.1 Å². The molecule has 2 heteroatoms. The molecule has 4 rings (SSSR count). The monoisotopic (exact) mass is 299 g/mol. The molecule has 2 nitrogen and oxygen atoms in total. The average molecular weight is 299 g/mol. The van der Waals surface area contributed by atoms with Gasteiger partial charge in [0.2, 0.25) is 5.90 Å². The van der Waals surface area contributed by atoms with E-state index in [0.717, 1.165) is 11.5 Å². The van der Waals surface area contributed by atoms with Gasteiger partial charge in [0.25, 0.3) is 0 Å². The van der Waals surface area contributed by atoms with Crippen LogP contribution in [-0.4, -0.2) is 12.5 Å². The van der Waals surface area contributed by atoms with Crippen LogP contribution in [0.4, 0.5) is 0 Å². The molecule has 112 valence electrons. The third-order valence-electron chi connectivity index (χ3n) is 4.08. The van der Waals surface area contributed by atoms with Crippen molar-refractivity contribution in [2.75, 3.05) is 6.61 Å². The second-order valence-electron chi connectivity index (χ2n) is 5.58. The first-order valence-electron chi connectivity index (χ1n) is 7.82. The van der Waals surface area contributed by atoms with E-state index in [1.165, 1.54) is 16.7 Å². The van der Waals surface area contributed by atoms with Gasteiger partial charge >= 0.3 is 0 Å². The van der Waals surface area contributed by atoms with Crippen molar-refractivity contribution in [3.63, 3.8) is 0 Å². The van der Waals surface area contributed by atoms with Crippen molar-refractivity contribution in [1.29, 1.82) is 0 Å². The minimum Gasteiger partial charge on any atom is -0.475 e. The Balaban J connectivity index is 1.71. The third-order valence-corrected chi connectivity index (χ3v) is 4.08. The van der Waals surface area contributed by atoms with Crippen molar-refractivity contribution in [3.8, 4) is 11.1 Å². The van der Waals surface area contributed by atoms with E-state index in [2.05, 4.69) is 48.5 Å². The van der Waals surface area contributed by atoms with Gasteiger partial charge in [-0.3, -0.25) is 0 Å². The van der Waals surface area contributed by atoms with Crippen molar-refractivity contribution in [3.05, 3.63) is 96.1 Å². The molecule has 0 aromatic heterocycles. The van der Waals surface area contributed by atoms with Crippen molar-refractivity contribution < 1.29 is 4.74 Å². The summed E-state index contributed by atoms with van der Waals surface area (Å²) in [7, 11) is 0. The van der Waals surface area contributed by atoms with Gasteiger partial charge in [0.1, 0.15) is 12.6 Å². The highest BCUT2D eigenvalue weighted by atomic mass is 16.5. The fourth-order valence-electron chi connectivity index (χ4n) is 2.94. The predicted octanol–water partition coefficient (Wildman–Crippen LogP) is 4.87. The van der Waals surface area contributed by atoms with Crippen LogP contribution in [-0.2, 0) is 4.74 Å². The molecular weight excluding hydrogens is 282 g/mol. The normalized spacial score (nSPS) is 16.7. The van der Waals surface area contributed by atoms with E-state index >= 15 is 0 Å². The number of aliphatic imine (C=N–C) groups is 1. The second kappa shape index (κ2) is 6.09. The van der Waals surface area contributed by atoms with E-state index < -0.39 is 0 Å². The lowest BCUT2D eigenvalue weighted by Crippen LogP contribution is -2.01. The Kier molecular flexibility index (Phi) is 3.65. The summed E-state index contributed by atoms with van der Waals surface area (Å²) in [6.45, 7) is 0.591. The van der Waals surface area contributed by atoms with Crippen LogP contribution in [0, 0.1) is 0 Å². The summed E-state index contributed by atoms with van der Waals surface area (Å²) >= 11 is 0. The number of rotatable bonds is 3. The van der Waals surface area contributed by atoms with Gasteiger partial charge in [-0.1, -0.05) is 72.8 Å². The molecule has 1 heterocycles. The van der Waals surface area contributed by atoms with Gasteiger partial charge < -0.3 is 4.74 Å². The molecule has 0 bridgehead atoms. The molecule has 0 amide bonds. The average Bonchev–Trinajstić information content (AvgIpc) is 3.13. The fraction of sp³-hybridized carbons (Fsp3) is 0.0952. The Hall–Kier alpha value is -2.87. The molecule has 0 unspecified atom stereocenters. The summed E-state index contributed by atoms with van der Waals surface area (Å²) in [6.07, 6.45) is 0. The highest BCUT2D eigenvalue weighted by Crippen LogP contribution is 2.33. The van der Waals surface area contributed by atoms with Crippen LogP contribution in [0.3, 0.4) is 0 Å². The molecule has 3 aromatic carbocycles. The molecule has 0 N–H and O–H groups in total. The summed E-state index contributed by atoms with van der Waals surface area (Å²) in [5.74, 6) is 0.735. The highest BCUT2D eigenvalue weighted by molar-refractivity contribution is 5.95. The molecule has 23 heavy (non-hydrogen) atoms. The van der Waals surface area contributed by atoms with E-state index in [4.69, 9.17) is 9.73 Å². The molecule has 0 fully saturated rings. The summed E-state index contributed by atoms with van der Waals surface area (Å²) in [5.41, 5.74) is 4.68. The first-order chi connectivity index (χ1) is 11.4. The Morgan fingerprint density at radius 2 is 1.30 bits per heavy atom. The summed E-state index contributed by atoms with van der Waals surface area (Å²) < 4.78 is 5.85. The van der Waals surface area contributed by atoms with Gasteiger partial charge in [-0.25, -0.2) is 4.99 Å². The standard InChI is InChI=1S/C21H17NO/c1-3-9-16(10-4-1)18-13-7-8-14-19(18)20-15-23-21(22-20)17-11-5-2-6-12-17/h1-14,20H,15H2/t20-/m1/s1. The molecule has 0 saturated heterocycles. The first-order valence-corrected chi connectivity index (χ1v) is 7.82. The number of nitrogens with zero attached hydrogens (tertiary/aromatic N) is 1. The van der Waals surface area contributed by atoms with Crippen LogP contribution in [0.1, 0.15) is 17.2 Å². The van der Waals surface area contributed by atoms with E-state index in [1.807, 2.05) is 36.4 Å². The predicted molar refractivity (Wildman–Crippen MR) is 93.6 cm³/mol. The lowest BCUT2D eigenvalue weighted by Gasteiger charge is -2.12. The second-order valence-corrected chi connectivity index (χ2v) is 5.58. The zero-order valence-electron chi connectivity index (χ0n) is 12.7. The number of hydrogen-bond acceptors (Lipinski definition) is 2. The molecule has 3 aromatic rings. The largest absolute Gasteiger partial charge is 0.475 e. The minimum atomic E-state index is 0.0432. The first kappa shape index (κ1) is 13.8. The summed E-state index contributed by atoms with van der Waals surface area (Å²) in [5, 5.41) is 0. The molecule has 1 aliphatic heterocycles. The van der Waals surface area contributed by atoms with Gasteiger partial charge in [-0.05, 0) is 28.8 Å². The number of hydrogen-bond donors (Lipinski definition) is 0. The van der Waals surface area contributed by atoms with Crippen molar-refractivity contribution in [2.24, 2.45) is 4.99 Å². The van der Waals surface area contributed by atoms with Crippen LogP contribution >= 0.6 is 0 Å². The van der Waals surface area contributed by atoms with Gasteiger partial charge in [0, 0.05) is 5.56 Å². The van der Waals surface area contributed by atoms with Crippen LogP contribution in [0.2, 0.25) is 0 Å². The minimum absolute atomic E-state index is 0.0432. The maximum Gasteiger partial charge on any atom is 0.216 e. The summed E-state index contributed by atoms with van der Waals surface area (Å²) in [4.78, 5) is 4.81. The number of benzene rings is 3. The van der Waals surface area contributed by atoms with E-state index in [1.54, 1.807) is 0 Å². The molecule has 1 atom stereocenters. The van der Waals surface area contributed by atoms with E-state index in [9.17, 15) is 0 Å². The molecule has 0 spiro atoms. The van der Waals surface area contributed by atoms with E-state index in [-0.39, 0.29) is 6.04 Å². The summed E-state index contributed by atoms with van der Waals surface area (Å²) in [6, 6.07) is 29.0. The number of ether oxygens (including phenoxy) is 1. The Bertz CT molecular complexity index is 825. The molecule has 1 aliphatic rings. The molecular formula is C21H17NO. The quantitative estimate of drug-likeness (QED) is 0.676. The zero-order valence-corrected chi connectivity index (χ0v) is 12.7. The SMILES string of the molecule is c1ccc(C2=N[C@@H](c3ccccc3-c3ccccc3)CO2)cc1. The van der Waals surface area contributed by atoms with Gasteiger partial charge in [0.15, 0.2) is 0 Å². The lowest BCUT2D eigenvalue weighted by atomic mass is 9.95. The van der Waals surface area contributed by atoms with Crippen molar-refractivity contribution >= 4 is 5.90 Å². The Morgan fingerprint density at radius 3 is 2.04 bits per heavy atom. The molecule has 0 saturated carbocycles. The van der Waals surface area contributed by atoms with Crippen molar-refractivity contribution in [1.82, 2.24) is 0 Å². The van der Waals surface area contributed by atoms with Gasteiger partial charge in [-0.15, -0.1) is 0 Å². The van der Waals surface area contributed by atoms with Crippen molar-refractivity contribution in [2.45, 2.75) is 6.04 Å². The third kappa shape index (κ3) is 2.76. The maximum absolute atomic E-state index is 5.85. The Morgan fingerprint density at radius 1 is 0.696 bits per heavy atom. The smallest absolute Gasteiger partial charge is 0.216 e. The van der Waals surface area contributed by atoms with Gasteiger partial charge in [0.05, 0.1) is 0 Å².